The second kappa shape index (κ2) is 7.79. The molecular formula is C18H22FNO. The standard InChI is InChI=1S/C18H22FNO/c1-14(2)20-12-11-15-7-3-4-8-16(15)13-21-18-10-6-5-9-17(18)19/h3-10,14,20H,11-13H2,1-2H3. The molecule has 0 fully saturated rings. The summed E-state index contributed by atoms with van der Waals surface area (Å²) in [4.78, 5) is 0. The Balaban J connectivity index is 1.98. The molecule has 3 heteroatoms. The maximum absolute atomic E-state index is 13.5. The molecule has 0 aliphatic heterocycles. The topological polar surface area (TPSA) is 21.3 Å². The smallest absolute Gasteiger partial charge is 0.165 e. The average Bonchev–Trinajstić information content (AvgIpc) is 2.47. The van der Waals surface area contributed by atoms with Gasteiger partial charge in [-0.15, -0.1) is 0 Å². The molecule has 0 unspecified atom stereocenters. The summed E-state index contributed by atoms with van der Waals surface area (Å²) in [7, 11) is 0. The van der Waals surface area contributed by atoms with E-state index in [1.54, 1.807) is 18.2 Å². The van der Waals surface area contributed by atoms with Crippen molar-refractivity contribution in [1.82, 2.24) is 5.32 Å². The quantitative estimate of drug-likeness (QED) is 0.832. The molecule has 2 aromatic carbocycles. The van der Waals surface area contributed by atoms with Crippen LogP contribution in [0, 0.1) is 5.82 Å². The summed E-state index contributed by atoms with van der Waals surface area (Å²) in [5.41, 5.74) is 2.34. The third-order valence-electron chi connectivity index (χ3n) is 3.29. The van der Waals surface area contributed by atoms with E-state index < -0.39 is 0 Å². The molecule has 0 amide bonds. The Kier molecular flexibility index (Phi) is 5.76. The van der Waals surface area contributed by atoms with Crippen LogP contribution >= 0.6 is 0 Å². The van der Waals surface area contributed by atoms with E-state index in [-0.39, 0.29) is 5.82 Å². The molecule has 2 aromatic rings. The lowest BCUT2D eigenvalue weighted by Crippen LogP contribution is -2.25. The van der Waals surface area contributed by atoms with Gasteiger partial charge in [0.05, 0.1) is 0 Å². The third kappa shape index (κ3) is 4.87. The van der Waals surface area contributed by atoms with Gasteiger partial charge in [0, 0.05) is 6.04 Å². The second-order valence-corrected chi connectivity index (χ2v) is 5.35. The highest BCUT2D eigenvalue weighted by Gasteiger charge is 2.05. The number of benzene rings is 2. The van der Waals surface area contributed by atoms with E-state index in [2.05, 4.69) is 25.2 Å². The molecule has 112 valence electrons. The number of rotatable bonds is 7. The number of para-hydroxylation sites is 1. The van der Waals surface area contributed by atoms with Crippen molar-refractivity contribution in [3.05, 3.63) is 65.5 Å². The Morgan fingerprint density at radius 2 is 1.67 bits per heavy atom. The first-order chi connectivity index (χ1) is 10.2. The number of ether oxygens (including phenoxy) is 1. The van der Waals surface area contributed by atoms with Gasteiger partial charge in [-0.05, 0) is 36.2 Å². The molecule has 2 rings (SSSR count). The maximum atomic E-state index is 13.5. The predicted octanol–water partition coefficient (Wildman–Crippen LogP) is 3.95. The van der Waals surface area contributed by atoms with Gasteiger partial charge in [0.25, 0.3) is 0 Å². The van der Waals surface area contributed by atoms with Crippen LogP contribution in [-0.2, 0) is 13.0 Å². The van der Waals surface area contributed by atoms with Crippen LogP contribution < -0.4 is 10.1 Å². The van der Waals surface area contributed by atoms with Gasteiger partial charge in [-0.2, -0.15) is 0 Å². The highest BCUT2D eigenvalue weighted by atomic mass is 19.1. The fourth-order valence-electron chi connectivity index (χ4n) is 2.15. The van der Waals surface area contributed by atoms with E-state index in [4.69, 9.17) is 4.74 Å². The summed E-state index contributed by atoms with van der Waals surface area (Å²) in [6, 6.07) is 15.1. The van der Waals surface area contributed by atoms with Crippen LogP contribution in [0.1, 0.15) is 25.0 Å². The van der Waals surface area contributed by atoms with Crippen LogP contribution in [-0.4, -0.2) is 12.6 Å². The van der Waals surface area contributed by atoms with Crippen molar-refractivity contribution in [2.75, 3.05) is 6.54 Å². The van der Waals surface area contributed by atoms with Gasteiger partial charge < -0.3 is 10.1 Å². The van der Waals surface area contributed by atoms with Gasteiger partial charge in [-0.1, -0.05) is 50.2 Å². The molecular weight excluding hydrogens is 265 g/mol. The van der Waals surface area contributed by atoms with Crippen molar-refractivity contribution in [3.63, 3.8) is 0 Å². The molecule has 0 radical (unpaired) electrons. The average molecular weight is 287 g/mol. The van der Waals surface area contributed by atoms with Gasteiger partial charge in [0.1, 0.15) is 6.61 Å². The molecule has 21 heavy (non-hydrogen) atoms. The van der Waals surface area contributed by atoms with Crippen LogP contribution in [0.15, 0.2) is 48.5 Å². The van der Waals surface area contributed by atoms with E-state index in [1.807, 2.05) is 18.2 Å². The summed E-state index contributed by atoms with van der Waals surface area (Å²) < 4.78 is 19.1. The Bertz CT molecular complexity index is 569. The molecule has 0 saturated heterocycles. The normalized spacial score (nSPS) is 10.9. The van der Waals surface area contributed by atoms with Crippen molar-refractivity contribution in [2.45, 2.75) is 32.9 Å². The van der Waals surface area contributed by atoms with Crippen molar-refractivity contribution >= 4 is 0 Å². The van der Waals surface area contributed by atoms with Crippen molar-refractivity contribution < 1.29 is 9.13 Å². The zero-order valence-corrected chi connectivity index (χ0v) is 12.6. The van der Waals surface area contributed by atoms with Gasteiger partial charge in [0.2, 0.25) is 0 Å². The van der Waals surface area contributed by atoms with Crippen LogP contribution in [0.25, 0.3) is 0 Å². The Morgan fingerprint density at radius 1 is 1.00 bits per heavy atom. The lowest BCUT2D eigenvalue weighted by Gasteiger charge is -2.13. The van der Waals surface area contributed by atoms with E-state index >= 15 is 0 Å². The molecule has 0 saturated carbocycles. The number of halogens is 1. The first-order valence-corrected chi connectivity index (χ1v) is 7.34. The monoisotopic (exact) mass is 287 g/mol. The highest BCUT2D eigenvalue weighted by molar-refractivity contribution is 5.29. The number of nitrogens with one attached hydrogen (secondary N) is 1. The molecule has 0 aliphatic carbocycles. The zero-order chi connectivity index (χ0) is 15.1. The fourth-order valence-corrected chi connectivity index (χ4v) is 2.15. The molecule has 0 atom stereocenters. The third-order valence-corrected chi connectivity index (χ3v) is 3.29. The van der Waals surface area contributed by atoms with Crippen molar-refractivity contribution in [2.24, 2.45) is 0 Å². The van der Waals surface area contributed by atoms with Gasteiger partial charge in [-0.25, -0.2) is 4.39 Å². The second-order valence-electron chi connectivity index (χ2n) is 5.35. The minimum absolute atomic E-state index is 0.299. The van der Waals surface area contributed by atoms with Crippen molar-refractivity contribution in [1.29, 1.82) is 0 Å². The summed E-state index contributed by atoms with van der Waals surface area (Å²) in [6.45, 7) is 5.58. The predicted molar refractivity (Wildman–Crippen MR) is 84.0 cm³/mol. The molecule has 0 aliphatic rings. The Labute approximate surface area is 126 Å². The molecule has 0 bridgehead atoms. The minimum Gasteiger partial charge on any atom is -0.486 e. The maximum Gasteiger partial charge on any atom is 0.165 e. The Hall–Kier alpha value is -1.87. The summed E-state index contributed by atoms with van der Waals surface area (Å²) in [6.07, 6.45) is 0.939. The van der Waals surface area contributed by atoms with Crippen LogP contribution in [0.5, 0.6) is 5.75 Å². The van der Waals surface area contributed by atoms with Crippen LogP contribution in [0.4, 0.5) is 4.39 Å². The van der Waals surface area contributed by atoms with E-state index in [0.717, 1.165) is 18.5 Å². The summed E-state index contributed by atoms with van der Waals surface area (Å²) >= 11 is 0. The number of hydrogen-bond donors (Lipinski definition) is 1. The zero-order valence-electron chi connectivity index (χ0n) is 12.6. The van der Waals surface area contributed by atoms with E-state index in [9.17, 15) is 4.39 Å². The fraction of sp³-hybridized carbons (Fsp3) is 0.333. The lowest BCUT2D eigenvalue weighted by atomic mass is 10.1. The van der Waals surface area contributed by atoms with Gasteiger partial charge >= 0.3 is 0 Å². The summed E-state index contributed by atoms with van der Waals surface area (Å²) in [5, 5.41) is 3.40. The summed E-state index contributed by atoms with van der Waals surface area (Å²) in [5.74, 6) is -0.0240. The van der Waals surface area contributed by atoms with Crippen LogP contribution in [0.2, 0.25) is 0 Å². The van der Waals surface area contributed by atoms with E-state index in [0.29, 0.717) is 18.4 Å². The number of hydrogen-bond acceptors (Lipinski definition) is 2. The highest BCUT2D eigenvalue weighted by Crippen LogP contribution is 2.18. The SMILES string of the molecule is CC(C)NCCc1ccccc1COc1ccccc1F. The molecule has 2 nitrogen and oxygen atoms in total. The molecule has 0 aromatic heterocycles. The lowest BCUT2D eigenvalue weighted by molar-refractivity contribution is 0.289. The van der Waals surface area contributed by atoms with Gasteiger partial charge in [-0.3, -0.25) is 0 Å². The molecule has 1 N–H and O–H groups in total. The minimum atomic E-state index is -0.323. The molecule has 0 heterocycles. The van der Waals surface area contributed by atoms with Crippen LogP contribution in [0.3, 0.4) is 0 Å². The largest absolute Gasteiger partial charge is 0.486 e. The van der Waals surface area contributed by atoms with Gasteiger partial charge in [0.15, 0.2) is 11.6 Å². The molecule has 0 spiro atoms. The first kappa shape index (κ1) is 15.5. The van der Waals surface area contributed by atoms with E-state index in [1.165, 1.54) is 11.6 Å². The first-order valence-electron chi connectivity index (χ1n) is 7.34. The Morgan fingerprint density at radius 3 is 2.38 bits per heavy atom. The van der Waals surface area contributed by atoms with Crippen molar-refractivity contribution in [3.8, 4) is 5.75 Å².